The van der Waals surface area contributed by atoms with Gasteiger partial charge in [0.2, 0.25) is 0 Å². The molecule has 0 radical (unpaired) electrons. The maximum atomic E-state index is 8.83. The largest absolute Gasteiger partial charge is 0.396 e. The van der Waals surface area contributed by atoms with Gasteiger partial charge in [0.05, 0.1) is 5.54 Å². The molecule has 1 heterocycles. The first-order chi connectivity index (χ1) is 6.97. The van der Waals surface area contributed by atoms with E-state index in [2.05, 4.69) is 10.3 Å². The molecule has 5 nitrogen and oxygen atoms in total. The van der Waals surface area contributed by atoms with Crippen molar-refractivity contribution in [1.29, 1.82) is 0 Å². The van der Waals surface area contributed by atoms with Crippen molar-refractivity contribution >= 4 is 5.96 Å². The SMILES string of the molecule is CN(C)C1=CC(C)(CCCO)N=C(N)N1. The highest BCUT2D eigenvalue weighted by atomic mass is 16.2. The van der Waals surface area contributed by atoms with E-state index in [0.717, 1.165) is 18.7 Å². The highest BCUT2D eigenvalue weighted by Gasteiger charge is 2.25. The number of hydrogen-bond acceptors (Lipinski definition) is 5. The molecule has 86 valence electrons. The van der Waals surface area contributed by atoms with E-state index in [1.165, 1.54) is 0 Å². The lowest BCUT2D eigenvalue weighted by Gasteiger charge is -2.31. The van der Waals surface area contributed by atoms with Gasteiger partial charge in [-0.05, 0) is 25.8 Å². The van der Waals surface area contributed by atoms with Gasteiger partial charge in [0.1, 0.15) is 5.82 Å². The minimum Gasteiger partial charge on any atom is -0.396 e. The Labute approximate surface area is 90.7 Å². The van der Waals surface area contributed by atoms with Gasteiger partial charge in [-0.25, -0.2) is 4.99 Å². The minimum absolute atomic E-state index is 0.184. The summed E-state index contributed by atoms with van der Waals surface area (Å²) in [5.41, 5.74) is 5.41. The Hall–Kier alpha value is -1.23. The lowest BCUT2D eigenvalue weighted by atomic mass is 9.95. The van der Waals surface area contributed by atoms with Crippen molar-refractivity contribution in [2.75, 3.05) is 20.7 Å². The highest BCUT2D eigenvalue weighted by Crippen LogP contribution is 2.23. The molecule has 1 aliphatic rings. The van der Waals surface area contributed by atoms with Crippen LogP contribution >= 0.6 is 0 Å². The van der Waals surface area contributed by atoms with Gasteiger partial charge in [-0.2, -0.15) is 0 Å². The van der Waals surface area contributed by atoms with Crippen LogP contribution in [-0.2, 0) is 0 Å². The fourth-order valence-corrected chi connectivity index (χ4v) is 1.60. The molecule has 1 aliphatic heterocycles. The fraction of sp³-hybridized carbons (Fsp3) is 0.700. The van der Waals surface area contributed by atoms with Crippen LogP contribution in [-0.4, -0.2) is 42.2 Å². The fourth-order valence-electron chi connectivity index (χ4n) is 1.60. The van der Waals surface area contributed by atoms with Crippen LogP contribution in [0.3, 0.4) is 0 Å². The highest BCUT2D eigenvalue weighted by molar-refractivity contribution is 5.81. The quantitative estimate of drug-likeness (QED) is 0.605. The Morgan fingerprint density at radius 2 is 2.27 bits per heavy atom. The number of nitrogens with two attached hydrogens (primary N) is 1. The molecule has 0 aromatic carbocycles. The lowest BCUT2D eigenvalue weighted by molar-refractivity contribution is 0.272. The number of nitrogens with zero attached hydrogens (tertiary/aromatic N) is 2. The second kappa shape index (κ2) is 4.53. The number of aliphatic hydroxyl groups excluding tert-OH is 1. The number of aliphatic hydroxyl groups is 1. The van der Waals surface area contributed by atoms with Crippen LogP contribution in [0, 0.1) is 0 Å². The van der Waals surface area contributed by atoms with E-state index < -0.39 is 0 Å². The van der Waals surface area contributed by atoms with Gasteiger partial charge in [0.25, 0.3) is 0 Å². The summed E-state index contributed by atoms with van der Waals surface area (Å²) in [5.74, 6) is 1.38. The maximum absolute atomic E-state index is 8.83. The molecule has 0 bridgehead atoms. The molecule has 0 amide bonds. The summed E-state index contributed by atoms with van der Waals surface area (Å²) in [4.78, 5) is 6.31. The molecule has 0 aromatic heterocycles. The van der Waals surface area contributed by atoms with Crippen LogP contribution in [0.5, 0.6) is 0 Å². The number of rotatable bonds is 4. The zero-order chi connectivity index (χ0) is 11.5. The summed E-state index contributed by atoms with van der Waals surface area (Å²) < 4.78 is 0. The number of nitrogens with one attached hydrogen (secondary N) is 1. The van der Waals surface area contributed by atoms with Crippen molar-refractivity contribution in [2.24, 2.45) is 10.7 Å². The first kappa shape index (κ1) is 11.8. The van der Waals surface area contributed by atoms with Crippen molar-refractivity contribution in [3.05, 3.63) is 11.9 Å². The Kier molecular flexibility index (Phi) is 3.57. The predicted octanol–water partition coefficient (Wildman–Crippen LogP) is -0.161. The molecule has 0 aliphatic carbocycles. The Bertz CT molecular complexity index is 285. The van der Waals surface area contributed by atoms with Crippen LogP contribution in [0.1, 0.15) is 19.8 Å². The lowest BCUT2D eigenvalue weighted by Crippen LogP contribution is -2.44. The third-order valence-electron chi connectivity index (χ3n) is 2.40. The molecule has 1 rings (SSSR count). The zero-order valence-electron chi connectivity index (χ0n) is 9.62. The van der Waals surface area contributed by atoms with E-state index in [0.29, 0.717) is 5.96 Å². The summed E-state index contributed by atoms with van der Waals surface area (Å²) in [7, 11) is 3.90. The van der Waals surface area contributed by atoms with E-state index >= 15 is 0 Å². The van der Waals surface area contributed by atoms with E-state index in [1.54, 1.807) is 0 Å². The van der Waals surface area contributed by atoms with Crippen LogP contribution in [0.4, 0.5) is 0 Å². The van der Waals surface area contributed by atoms with Gasteiger partial charge in [-0.1, -0.05) is 0 Å². The molecule has 0 saturated carbocycles. The molecule has 0 saturated heterocycles. The van der Waals surface area contributed by atoms with Gasteiger partial charge in [0, 0.05) is 20.7 Å². The van der Waals surface area contributed by atoms with Gasteiger partial charge in [-0.15, -0.1) is 0 Å². The van der Waals surface area contributed by atoms with Crippen LogP contribution in [0.25, 0.3) is 0 Å². The third-order valence-corrected chi connectivity index (χ3v) is 2.40. The molecule has 0 aromatic rings. The molecular weight excluding hydrogens is 192 g/mol. The second-order valence-corrected chi connectivity index (χ2v) is 4.23. The molecule has 0 fully saturated rings. The van der Waals surface area contributed by atoms with E-state index in [4.69, 9.17) is 10.8 Å². The van der Waals surface area contributed by atoms with E-state index in [-0.39, 0.29) is 12.1 Å². The number of aliphatic imine (C=N–C) groups is 1. The van der Waals surface area contributed by atoms with Crippen molar-refractivity contribution in [3.63, 3.8) is 0 Å². The molecule has 1 unspecified atom stereocenters. The Morgan fingerprint density at radius 3 is 2.80 bits per heavy atom. The van der Waals surface area contributed by atoms with Crippen molar-refractivity contribution in [2.45, 2.75) is 25.3 Å². The smallest absolute Gasteiger partial charge is 0.195 e. The van der Waals surface area contributed by atoms with Gasteiger partial charge >= 0.3 is 0 Å². The molecule has 0 spiro atoms. The minimum atomic E-state index is -0.308. The Morgan fingerprint density at radius 1 is 1.60 bits per heavy atom. The summed E-state index contributed by atoms with van der Waals surface area (Å²) in [5, 5.41) is 11.8. The van der Waals surface area contributed by atoms with E-state index in [1.807, 2.05) is 32.0 Å². The van der Waals surface area contributed by atoms with Crippen LogP contribution in [0.2, 0.25) is 0 Å². The number of hydrogen-bond donors (Lipinski definition) is 3. The average Bonchev–Trinajstić information content (AvgIpc) is 2.13. The van der Waals surface area contributed by atoms with Gasteiger partial charge in [0.15, 0.2) is 5.96 Å². The van der Waals surface area contributed by atoms with Crippen molar-refractivity contribution in [1.82, 2.24) is 10.2 Å². The third kappa shape index (κ3) is 3.13. The topological polar surface area (TPSA) is 73.9 Å². The molecule has 1 atom stereocenters. The number of guanidine groups is 1. The molecular formula is C10H20N4O. The zero-order valence-corrected chi connectivity index (χ0v) is 9.62. The summed E-state index contributed by atoms with van der Waals surface area (Å²) >= 11 is 0. The maximum Gasteiger partial charge on any atom is 0.195 e. The standard InChI is InChI=1S/C10H20N4O/c1-10(5-4-6-15)7-8(14(2)3)12-9(11)13-10/h7,15H,4-6H2,1-3H3,(H3,11,12,13). The normalized spacial score (nSPS) is 25.3. The van der Waals surface area contributed by atoms with Gasteiger partial charge in [-0.3, -0.25) is 0 Å². The summed E-state index contributed by atoms with van der Waals surface area (Å²) in [6, 6.07) is 0. The van der Waals surface area contributed by atoms with Crippen molar-refractivity contribution < 1.29 is 5.11 Å². The summed E-state index contributed by atoms with van der Waals surface area (Å²) in [6.45, 7) is 2.20. The first-order valence-electron chi connectivity index (χ1n) is 5.10. The predicted molar refractivity (Wildman–Crippen MR) is 61.3 cm³/mol. The average molecular weight is 212 g/mol. The Balaban J connectivity index is 2.81. The molecule has 15 heavy (non-hydrogen) atoms. The van der Waals surface area contributed by atoms with Crippen molar-refractivity contribution in [3.8, 4) is 0 Å². The molecule has 4 N–H and O–H groups in total. The van der Waals surface area contributed by atoms with Crippen LogP contribution in [0.15, 0.2) is 16.9 Å². The molecule has 5 heteroatoms. The van der Waals surface area contributed by atoms with E-state index in [9.17, 15) is 0 Å². The van der Waals surface area contributed by atoms with Crippen LogP contribution < -0.4 is 11.1 Å². The first-order valence-corrected chi connectivity index (χ1v) is 5.10. The summed E-state index contributed by atoms with van der Waals surface area (Å²) in [6.07, 6.45) is 3.56. The monoisotopic (exact) mass is 212 g/mol. The second-order valence-electron chi connectivity index (χ2n) is 4.23. The van der Waals surface area contributed by atoms with Gasteiger partial charge < -0.3 is 21.1 Å².